The first-order chi connectivity index (χ1) is 10.6. The third-order valence-corrected chi connectivity index (χ3v) is 3.63. The largest absolute Gasteiger partial charge is 0.436 e. The van der Waals surface area contributed by atoms with E-state index < -0.39 is 0 Å². The number of amidine groups is 1. The Hall–Kier alpha value is -2.44. The minimum Gasteiger partial charge on any atom is -0.436 e. The van der Waals surface area contributed by atoms with Gasteiger partial charge in [-0.2, -0.15) is 0 Å². The van der Waals surface area contributed by atoms with Crippen molar-refractivity contribution in [3.05, 3.63) is 52.0 Å². The number of nitrogens with two attached hydrogens (primary N) is 1. The SMILES string of the molecule is N=C(N=NN)c1ccc2nc(-c3c(Cl)cccc3Cl)oc2c1. The Labute approximate surface area is 135 Å². The lowest BCUT2D eigenvalue weighted by atomic mass is 10.2. The smallest absolute Gasteiger partial charge is 0.230 e. The molecule has 8 heteroatoms. The van der Waals surface area contributed by atoms with Crippen molar-refractivity contribution in [2.75, 3.05) is 0 Å². The lowest BCUT2D eigenvalue weighted by Gasteiger charge is -2.01. The third-order valence-electron chi connectivity index (χ3n) is 3.00. The Morgan fingerprint density at radius 3 is 2.59 bits per heavy atom. The molecule has 0 saturated carbocycles. The van der Waals surface area contributed by atoms with Crippen LogP contribution in [0.15, 0.2) is 51.2 Å². The first-order valence-electron chi connectivity index (χ1n) is 6.15. The van der Waals surface area contributed by atoms with Gasteiger partial charge in [-0.15, -0.1) is 5.11 Å². The van der Waals surface area contributed by atoms with Crippen LogP contribution in [0, 0.1) is 5.41 Å². The number of nitrogens with one attached hydrogen (secondary N) is 1. The average Bonchev–Trinajstić information content (AvgIpc) is 2.89. The molecule has 0 radical (unpaired) electrons. The average molecular weight is 334 g/mol. The fourth-order valence-corrected chi connectivity index (χ4v) is 2.56. The number of fused-ring (bicyclic) bond motifs is 1. The standard InChI is InChI=1S/C14H9Cl2N5O/c15-8-2-1-3-9(16)12(8)14-19-10-5-4-7(6-11(10)22-14)13(17)20-21-18/h1-6H,(H3,17,18,20). The van der Waals surface area contributed by atoms with Crippen LogP contribution in [0.2, 0.25) is 10.0 Å². The van der Waals surface area contributed by atoms with E-state index in [2.05, 4.69) is 15.3 Å². The fourth-order valence-electron chi connectivity index (χ4n) is 2.00. The Balaban J connectivity index is 2.13. The second-order valence-corrected chi connectivity index (χ2v) is 5.18. The predicted molar refractivity (Wildman–Crippen MR) is 85.3 cm³/mol. The van der Waals surface area contributed by atoms with E-state index in [1.165, 1.54) is 0 Å². The topological polar surface area (TPSA) is 101 Å². The number of rotatable bonds is 2. The maximum absolute atomic E-state index is 7.70. The zero-order chi connectivity index (χ0) is 15.7. The van der Waals surface area contributed by atoms with E-state index in [4.69, 9.17) is 38.9 Å². The first kappa shape index (κ1) is 14.5. The van der Waals surface area contributed by atoms with Gasteiger partial charge in [0.1, 0.15) is 5.52 Å². The van der Waals surface area contributed by atoms with Gasteiger partial charge in [0.25, 0.3) is 0 Å². The van der Waals surface area contributed by atoms with Gasteiger partial charge in [0.15, 0.2) is 11.4 Å². The summed E-state index contributed by atoms with van der Waals surface area (Å²) in [6.45, 7) is 0. The predicted octanol–water partition coefficient (Wildman–Crippen LogP) is 4.45. The number of benzene rings is 2. The van der Waals surface area contributed by atoms with Crippen LogP contribution in [-0.4, -0.2) is 10.8 Å². The monoisotopic (exact) mass is 333 g/mol. The van der Waals surface area contributed by atoms with Crippen LogP contribution in [0.5, 0.6) is 0 Å². The highest BCUT2D eigenvalue weighted by Crippen LogP contribution is 2.35. The van der Waals surface area contributed by atoms with E-state index in [0.717, 1.165) is 0 Å². The van der Waals surface area contributed by atoms with Crippen LogP contribution in [0.1, 0.15) is 5.56 Å². The van der Waals surface area contributed by atoms with E-state index in [0.29, 0.717) is 38.2 Å². The van der Waals surface area contributed by atoms with Gasteiger partial charge in [-0.1, -0.05) is 34.5 Å². The minimum absolute atomic E-state index is 0.0712. The van der Waals surface area contributed by atoms with Crippen molar-refractivity contribution in [2.45, 2.75) is 0 Å². The summed E-state index contributed by atoms with van der Waals surface area (Å²) in [5, 5.41) is 15.2. The van der Waals surface area contributed by atoms with E-state index in [-0.39, 0.29) is 5.84 Å². The summed E-state index contributed by atoms with van der Waals surface area (Å²) in [7, 11) is 0. The van der Waals surface area contributed by atoms with Gasteiger partial charge in [-0.3, -0.25) is 5.41 Å². The fraction of sp³-hybridized carbons (Fsp3) is 0. The van der Waals surface area contributed by atoms with E-state index in [9.17, 15) is 0 Å². The first-order valence-corrected chi connectivity index (χ1v) is 6.90. The molecule has 22 heavy (non-hydrogen) atoms. The van der Waals surface area contributed by atoms with Crippen LogP contribution >= 0.6 is 23.2 Å². The van der Waals surface area contributed by atoms with Gasteiger partial charge in [0.2, 0.25) is 5.89 Å². The summed E-state index contributed by atoms with van der Waals surface area (Å²) in [5.74, 6) is 5.19. The highest BCUT2D eigenvalue weighted by atomic mass is 35.5. The van der Waals surface area contributed by atoms with Crippen molar-refractivity contribution in [2.24, 2.45) is 16.2 Å². The van der Waals surface area contributed by atoms with E-state index >= 15 is 0 Å². The van der Waals surface area contributed by atoms with Crippen LogP contribution in [-0.2, 0) is 0 Å². The molecular weight excluding hydrogens is 325 g/mol. The van der Waals surface area contributed by atoms with Crippen molar-refractivity contribution in [3.63, 3.8) is 0 Å². The molecule has 6 nitrogen and oxygen atoms in total. The number of hydrogen-bond donors (Lipinski definition) is 2. The molecule has 0 aliphatic rings. The molecule has 0 bridgehead atoms. The molecule has 3 rings (SSSR count). The quantitative estimate of drug-likeness (QED) is 0.238. The van der Waals surface area contributed by atoms with Gasteiger partial charge < -0.3 is 10.3 Å². The van der Waals surface area contributed by atoms with E-state index in [1.54, 1.807) is 36.4 Å². The summed E-state index contributed by atoms with van der Waals surface area (Å²) in [6, 6.07) is 10.2. The van der Waals surface area contributed by atoms with Crippen LogP contribution in [0.4, 0.5) is 0 Å². The van der Waals surface area contributed by atoms with Gasteiger partial charge in [-0.25, -0.2) is 4.98 Å². The van der Waals surface area contributed by atoms with Gasteiger partial charge in [0, 0.05) is 5.56 Å². The molecule has 110 valence electrons. The Kier molecular flexibility index (Phi) is 3.79. The molecule has 0 aliphatic carbocycles. The molecule has 1 aromatic heterocycles. The van der Waals surface area contributed by atoms with Crippen molar-refractivity contribution in [1.82, 2.24) is 4.98 Å². The number of halogens is 2. The van der Waals surface area contributed by atoms with Gasteiger partial charge in [0.05, 0.1) is 15.6 Å². The Morgan fingerprint density at radius 2 is 1.91 bits per heavy atom. The number of nitrogens with zero attached hydrogens (tertiary/aromatic N) is 3. The summed E-state index contributed by atoms with van der Waals surface area (Å²) in [5.41, 5.74) is 2.14. The van der Waals surface area contributed by atoms with Crippen molar-refractivity contribution < 1.29 is 4.42 Å². The molecule has 0 saturated heterocycles. The maximum Gasteiger partial charge on any atom is 0.230 e. The molecule has 1 heterocycles. The van der Waals surface area contributed by atoms with Crippen molar-refractivity contribution >= 4 is 40.1 Å². The van der Waals surface area contributed by atoms with Gasteiger partial charge >= 0.3 is 0 Å². The molecule has 0 aliphatic heterocycles. The molecule has 0 amide bonds. The molecule has 3 aromatic rings. The summed E-state index contributed by atoms with van der Waals surface area (Å²) in [6.07, 6.45) is 0. The molecule has 0 spiro atoms. The number of oxazole rings is 1. The van der Waals surface area contributed by atoms with Crippen molar-refractivity contribution in [3.8, 4) is 11.5 Å². The maximum atomic E-state index is 7.70. The minimum atomic E-state index is -0.0712. The molecule has 2 aromatic carbocycles. The Morgan fingerprint density at radius 1 is 1.18 bits per heavy atom. The number of hydrogen-bond acceptors (Lipinski definition) is 4. The molecular formula is C14H9Cl2N5O. The van der Waals surface area contributed by atoms with Crippen LogP contribution < -0.4 is 5.84 Å². The normalized spacial score (nSPS) is 11.4. The zero-order valence-electron chi connectivity index (χ0n) is 11.0. The zero-order valence-corrected chi connectivity index (χ0v) is 12.6. The van der Waals surface area contributed by atoms with E-state index in [1.807, 2.05) is 0 Å². The second-order valence-electron chi connectivity index (χ2n) is 4.36. The highest BCUT2D eigenvalue weighted by Gasteiger charge is 2.15. The lowest BCUT2D eigenvalue weighted by molar-refractivity contribution is 0.620. The molecule has 0 unspecified atom stereocenters. The summed E-state index contributed by atoms with van der Waals surface area (Å²) in [4.78, 5) is 4.37. The molecule has 3 N–H and O–H groups in total. The summed E-state index contributed by atoms with van der Waals surface area (Å²) >= 11 is 12.3. The highest BCUT2D eigenvalue weighted by molar-refractivity contribution is 6.38. The molecule has 0 fully saturated rings. The van der Waals surface area contributed by atoms with Crippen LogP contribution in [0.3, 0.4) is 0 Å². The molecule has 0 atom stereocenters. The Bertz CT molecular complexity index is 883. The second kappa shape index (κ2) is 5.75. The van der Waals surface area contributed by atoms with Crippen LogP contribution in [0.25, 0.3) is 22.6 Å². The third kappa shape index (κ3) is 2.54. The van der Waals surface area contributed by atoms with Gasteiger partial charge in [-0.05, 0) is 30.3 Å². The summed E-state index contributed by atoms with van der Waals surface area (Å²) < 4.78 is 5.70. The lowest BCUT2D eigenvalue weighted by Crippen LogP contribution is -1.94. The van der Waals surface area contributed by atoms with Crippen molar-refractivity contribution in [1.29, 1.82) is 5.41 Å². The number of aromatic nitrogens is 1.